The van der Waals surface area contributed by atoms with E-state index in [2.05, 4.69) is 49.6 Å². The molecular formula is C13H15BrN4S. The average molecular weight is 339 g/mol. The third-order valence-corrected chi connectivity index (χ3v) is 4.90. The number of thiophene rings is 1. The molecule has 100 valence electrons. The molecule has 1 unspecified atom stereocenters. The molecule has 0 radical (unpaired) electrons. The highest BCUT2D eigenvalue weighted by Gasteiger charge is 2.20. The largest absolute Gasteiger partial charge is 0.305 e. The van der Waals surface area contributed by atoms with E-state index in [1.54, 1.807) is 11.3 Å². The van der Waals surface area contributed by atoms with Crippen molar-refractivity contribution in [2.75, 3.05) is 26.7 Å². The molecule has 0 bridgehead atoms. The molecule has 19 heavy (non-hydrogen) atoms. The van der Waals surface area contributed by atoms with Crippen LogP contribution in [0.2, 0.25) is 0 Å². The first-order valence-corrected chi connectivity index (χ1v) is 7.89. The van der Waals surface area contributed by atoms with Gasteiger partial charge in [-0.05, 0) is 35.1 Å². The maximum Gasteiger partial charge on any atom is 0.147 e. The van der Waals surface area contributed by atoms with Gasteiger partial charge < -0.3 is 10.2 Å². The predicted molar refractivity (Wildman–Crippen MR) is 81.3 cm³/mol. The highest BCUT2D eigenvalue weighted by molar-refractivity contribution is 9.10. The molecule has 1 aliphatic heterocycles. The van der Waals surface area contributed by atoms with Crippen LogP contribution in [-0.4, -0.2) is 41.5 Å². The van der Waals surface area contributed by atoms with E-state index < -0.39 is 0 Å². The third kappa shape index (κ3) is 3.02. The first-order valence-electron chi connectivity index (χ1n) is 6.21. The van der Waals surface area contributed by atoms with E-state index >= 15 is 0 Å². The van der Waals surface area contributed by atoms with Gasteiger partial charge in [-0.1, -0.05) is 0 Å². The van der Waals surface area contributed by atoms with E-state index in [4.69, 9.17) is 4.98 Å². The Morgan fingerprint density at radius 3 is 3.16 bits per heavy atom. The molecule has 1 atom stereocenters. The van der Waals surface area contributed by atoms with Crippen LogP contribution in [0.1, 0.15) is 11.9 Å². The summed E-state index contributed by atoms with van der Waals surface area (Å²) in [5, 5.41) is 5.55. The Morgan fingerprint density at radius 1 is 1.53 bits per heavy atom. The zero-order valence-electron chi connectivity index (χ0n) is 10.6. The molecule has 0 aliphatic carbocycles. The van der Waals surface area contributed by atoms with Crippen LogP contribution in [0.15, 0.2) is 28.2 Å². The van der Waals surface area contributed by atoms with Crippen molar-refractivity contribution < 1.29 is 0 Å². The van der Waals surface area contributed by atoms with Gasteiger partial charge in [0.25, 0.3) is 0 Å². The molecule has 1 saturated heterocycles. The van der Waals surface area contributed by atoms with Crippen LogP contribution in [0.25, 0.3) is 10.6 Å². The lowest BCUT2D eigenvalue weighted by Gasteiger charge is -2.29. The topological polar surface area (TPSA) is 41.0 Å². The molecule has 2 aromatic rings. The maximum atomic E-state index is 4.70. The van der Waals surface area contributed by atoms with E-state index in [1.165, 1.54) is 4.88 Å². The fraction of sp³-hybridized carbons (Fsp3) is 0.385. The van der Waals surface area contributed by atoms with Crippen molar-refractivity contribution in [3.63, 3.8) is 0 Å². The fourth-order valence-corrected chi connectivity index (χ4v) is 3.59. The van der Waals surface area contributed by atoms with E-state index in [1.807, 2.05) is 12.3 Å². The van der Waals surface area contributed by atoms with Crippen LogP contribution in [-0.2, 0) is 0 Å². The number of rotatable bonds is 2. The van der Waals surface area contributed by atoms with Crippen LogP contribution in [0.4, 0.5) is 0 Å². The molecule has 1 fully saturated rings. The summed E-state index contributed by atoms with van der Waals surface area (Å²) in [6, 6.07) is 4.29. The molecule has 0 aromatic carbocycles. The Labute approximate surface area is 125 Å². The standard InChI is InChI=1S/C13H15BrN4S/c1-18-5-4-15-11(7-18)13-16-3-2-10(17-13)12-6-9(14)8-19-12/h2-3,6,8,11,15H,4-5,7H2,1H3. The van der Waals surface area contributed by atoms with Crippen LogP contribution < -0.4 is 5.32 Å². The molecule has 3 rings (SSSR count). The molecular weight excluding hydrogens is 324 g/mol. The van der Waals surface area contributed by atoms with Crippen molar-refractivity contribution in [2.24, 2.45) is 0 Å². The number of nitrogens with zero attached hydrogens (tertiary/aromatic N) is 3. The van der Waals surface area contributed by atoms with Gasteiger partial charge in [-0.2, -0.15) is 0 Å². The highest BCUT2D eigenvalue weighted by Crippen LogP contribution is 2.28. The molecule has 3 heterocycles. The lowest BCUT2D eigenvalue weighted by Crippen LogP contribution is -2.44. The Bertz CT molecular complexity index is 571. The van der Waals surface area contributed by atoms with Gasteiger partial charge >= 0.3 is 0 Å². The lowest BCUT2D eigenvalue weighted by molar-refractivity contribution is 0.235. The van der Waals surface area contributed by atoms with Gasteiger partial charge in [0.1, 0.15) is 5.82 Å². The summed E-state index contributed by atoms with van der Waals surface area (Å²) in [7, 11) is 2.13. The molecule has 0 saturated carbocycles. The smallest absolute Gasteiger partial charge is 0.147 e. The summed E-state index contributed by atoms with van der Waals surface area (Å²) in [5.74, 6) is 0.883. The van der Waals surface area contributed by atoms with Crippen LogP contribution in [0, 0.1) is 0 Å². The van der Waals surface area contributed by atoms with Crippen LogP contribution in [0.5, 0.6) is 0 Å². The Balaban J connectivity index is 1.87. The summed E-state index contributed by atoms with van der Waals surface area (Å²) in [6.07, 6.45) is 1.85. The van der Waals surface area contributed by atoms with Gasteiger partial charge in [0, 0.05) is 35.7 Å². The predicted octanol–water partition coefficient (Wildman–Crippen LogP) is 2.54. The Hall–Kier alpha value is -0.820. The normalized spacial score (nSPS) is 20.6. The molecule has 2 aromatic heterocycles. The summed E-state index contributed by atoms with van der Waals surface area (Å²) >= 11 is 5.17. The van der Waals surface area contributed by atoms with Crippen LogP contribution in [0.3, 0.4) is 0 Å². The number of nitrogens with one attached hydrogen (secondary N) is 1. The summed E-state index contributed by atoms with van der Waals surface area (Å²) in [4.78, 5) is 12.6. The second-order valence-corrected chi connectivity index (χ2v) is 6.53. The van der Waals surface area contributed by atoms with E-state index in [9.17, 15) is 0 Å². The Kier molecular flexibility index (Phi) is 3.93. The number of halogens is 1. The maximum absolute atomic E-state index is 4.70. The fourth-order valence-electron chi connectivity index (χ4n) is 2.20. The molecule has 0 amide bonds. The van der Waals surface area contributed by atoms with Gasteiger partial charge in [-0.25, -0.2) is 9.97 Å². The number of piperazine rings is 1. The first kappa shape index (κ1) is 13.2. The zero-order chi connectivity index (χ0) is 13.2. The van der Waals surface area contributed by atoms with E-state index in [-0.39, 0.29) is 6.04 Å². The Morgan fingerprint density at radius 2 is 2.42 bits per heavy atom. The van der Waals surface area contributed by atoms with Gasteiger partial charge in [-0.3, -0.25) is 0 Å². The van der Waals surface area contributed by atoms with Crippen molar-refractivity contribution in [1.82, 2.24) is 20.2 Å². The summed E-state index contributed by atoms with van der Waals surface area (Å²) in [6.45, 7) is 3.02. The quantitative estimate of drug-likeness (QED) is 0.913. The summed E-state index contributed by atoms with van der Waals surface area (Å²) < 4.78 is 1.10. The van der Waals surface area contributed by atoms with Crippen molar-refractivity contribution in [1.29, 1.82) is 0 Å². The molecule has 4 nitrogen and oxygen atoms in total. The summed E-state index contributed by atoms with van der Waals surface area (Å²) in [5.41, 5.74) is 0.996. The molecule has 1 aliphatic rings. The van der Waals surface area contributed by atoms with Crippen molar-refractivity contribution in [2.45, 2.75) is 6.04 Å². The molecule has 6 heteroatoms. The van der Waals surface area contributed by atoms with E-state index in [0.717, 1.165) is 35.6 Å². The average Bonchev–Trinajstić information content (AvgIpc) is 2.86. The second kappa shape index (κ2) is 5.66. The number of hydrogen-bond donors (Lipinski definition) is 1. The van der Waals surface area contributed by atoms with Gasteiger partial charge in [0.15, 0.2) is 0 Å². The van der Waals surface area contributed by atoms with Crippen LogP contribution >= 0.6 is 27.3 Å². The van der Waals surface area contributed by atoms with Gasteiger partial charge in [0.05, 0.1) is 16.6 Å². The molecule has 1 N–H and O–H groups in total. The van der Waals surface area contributed by atoms with Crippen molar-refractivity contribution in [3.8, 4) is 10.6 Å². The number of aromatic nitrogens is 2. The highest BCUT2D eigenvalue weighted by atomic mass is 79.9. The minimum Gasteiger partial charge on any atom is -0.305 e. The van der Waals surface area contributed by atoms with Crippen molar-refractivity contribution in [3.05, 3.63) is 34.0 Å². The first-order chi connectivity index (χ1) is 9.22. The SMILES string of the molecule is CN1CCNC(c2nccc(-c3cc(Br)cs3)n2)C1. The van der Waals surface area contributed by atoms with E-state index in [0.29, 0.717) is 0 Å². The third-order valence-electron chi connectivity index (χ3n) is 3.18. The number of hydrogen-bond acceptors (Lipinski definition) is 5. The minimum absolute atomic E-state index is 0.224. The zero-order valence-corrected chi connectivity index (χ0v) is 13.0. The molecule has 0 spiro atoms. The minimum atomic E-state index is 0.224. The lowest BCUT2D eigenvalue weighted by atomic mass is 10.2. The number of likely N-dealkylation sites (N-methyl/N-ethyl adjacent to an activating group) is 1. The van der Waals surface area contributed by atoms with Crippen molar-refractivity contribution >= 4 is 27.3 Å². The van der Waals surface area contributed by atoms with Gasteiger partial charge in [-0.15, -0.1) is 11.3 Å². The van der Waals surface area contributed by atoms with Gasteiger partial charge in [0.2, 0.25) is 0 Å². The second-order valence-electron chi connectivity index (χ2n) is 4.70. The monoisotopic (exact) mass is 338 g/mol.